The molecule has 0 aliphatic heterocycles. The Balaban J connectivity index is 2.25. The van der Waals surface area contributed by atoms with Gasteiger partial charge in [0.25, 0.3) is 5.56 Å². The number of halogens is 1. The number of nitrogens with zero attached hydrogens (tertiary/aromatic N) is 2. The number of benzene rings is 1. The van der Waals surface area contributed by atoms with E-state index >= 15 is 0 Å². The summed E-state index contributed by atoms with van der Waals surface area (Å²) >= 11 is 5.87. The second-order valence-corrected chi connectivity index (χ2v) is 8.21. The summed E-state index contributed by atoms with van der Waals surface area (Å²) in [6.45, 7) is 1.48. The molecule has 1 aromatic carbocycles. The Morgan fingerprint density at radius 3 is 2.52 bits per heavy atom. The van der Waals surface area contributed by atoms with Gasteiger partial charge in [-0.25, -0.2) is 12.7 Å². The van der Waals surface area contributed by atoms with Crippen molar-refractivity contribution in [1.82, 2.24) is 8.87 Å². The van der Waals surface area contributed by atoms with Crippen LogP contribution in [0.15, 0.2) is 46.2 Å². The van der Waals surface area contributed by atoms with E-state index in [4.69, 9.17) is 11.6 Å². The van der Waals surface area contributed by atoms with Crippen molar-refractivity contribution in [2.45, 2.75) is 18.4 Å². The van der Waals surface area contributed by atoms with Gasteiger partial charge in [0.05, 0.1) is 4.90 Å². The highest BCUT2D eigenvalue weighted by molar-refractivity contribution is 7.89. The summed E-state index contributed by atoms with van der Waals surface area (Å²) in [7, 11) is -0.916. The van der Waals surface area contributed by atoms with Gasteiger partial charge in [0.1, 0.15) is 6.54 Å². The molecular weight excluding hydrogens is 366 g/mol. The Hall–Kier alpha value is -2.16. The first-order chi connectivity index (χ1) is 11.6. The van der Waals surface area contributed by atoms with Gasteiger partial charge in [0.2, 0.25) is 15.9 Å². The average Bonchev–Trinajstić information content (AvgIpc) is 2.52. The molecule has 0 aliphatic carbocycles. The molecule has 1 N–H and O–H groups in total. The van der Waals surface area contributed by atoms with Crippen molar-refractivity contribution >= 4 is 33.2 Å². The number of carbonyl (C=O) groups excluding carboxylic acids is 1. The van der Waals surface area contributed by atoms with Crippen LogP contribution < -0.4 is 10.9 Å². The number of amides is 1. The average molecular weight is 384 g/mol. The summed E-state index contributed by atoms with van der Waals surface area (Å²) in [5, 5.41) is 3.23. The van der Waals surface area contributed by atoms with Gasteiger partial charge in [0.15, 0.2) is 0 Å². The molecular formula is C16H18ClN3O4S. The molecule has 0 saturated carbocycles. The van der Waals surface area contributed by atoms with E-state index in [1.165, 1.54) is 20.2 Å². The predicted octanol–water partition coefficient (Wildman–Crippen LogP) is 1.70. The van der Waals surface area contributed by atoms with E-state index in [0.717, 1.165) is 26.7 Å². The molecule has 7 nitrogen and oxygen atoms in total. The predicted molar refractivity (Wildman–Crippen MR) is 96.4 cm³/mol. The zero-order valence-corrected chi connectivity index (χ0v) is 15.6. The Labute approximate surface area is 150 Å². The van der Waals surface area contributed by atoms with E-state index < -0.39 is 21.5 Å². The molecule has 0 atom stereocenters. The van der Waals surface area contributed by atoms with E-state index in [9.17, 15) is 18.0 Å². The van der Waals surface area contributed by atoms with Crippen LogP contribution in [0.3, 0.4) is 0 Å². The molecule has 0 radical (unpaired) electrons. The molecule has 1 amide bonds. The van der Waals surface area contributed by atoms with E-state index in [-0.39, 0.29) is 11.4 Å². The lowest BCUT2D eigenvalue weighted by Gasteiger charge is -2.13. The third-order valence-electron chi connectivity index (χ3n) is 3.51. The molecule has 134 valence electrons. The monoisotopic (exact) mass is 383 g/mol. The van der Waals surface area contributed by atoms with E-state index in [1.54, 1.807) is 25.1 Å². The normalized spacial score (nSPS) is 11.6. The summed E-state index contributed by atoms with van der Waals surface area (Å²) in [6.07, 6.45) is 1.16. The highest BCUT2D eigenvalue weighted by Crippen LogP contribution is 2.19. The fraction of sp³-hybridized carbons (Fsp3) is 0.250. The number of pyridine rings is 1. The number of hydrogen-bond donors (Lipinski definition) is 1. The lowest BCUT2D eigenvalue weighted by Crippen LogP contribution is -2.29. The molecule has 9 heteroatoms. The van der Waals surface area contributed by atoms with Crippen molar-refractivity contribution in [1.29, 1.82) is 0 Å². The van der Waals surface area contributed by atoms with Crippen LogP contribution in [-0.2, 0) is 21.4 Å². The number of rotatable bonds is 5. The first kappa shape index (κ1) is 19.2. The van der Waals surface area contributed by atoms with E-state index in [0.29, 0.717) is 10.7 Å². The molecule has 0 unspecified atom stereocenters. The second-order valence-electron chi connectivity index (χ2n) is 5.63. The Bertz CT molecular complexity index is 968. The maximum absolute atomic E-state index is 12.2. The number of sulfonamides is 1. The summed E-state index contributed by atoms with van der Waals surface area (Å²) in [6, 6.07) is 7.34. The fourth-order valence-corrected chi connectivity index (χ4v) is 3.26. The molecule has 0 spiro atoms. The van der Waals surface area contributed by atoms with Crippen LogP contribution in [0.1, 0.15) is 5.56 Å². The molecule has 0 bridgehead atoms. The van der Waals surface area contributed by atoms with Gasteiger partial charge in [-0.15, -0.1) is 0 Å². The van der Waals surface area contributed by atoms with Crippen LogP contribution in [0.5, 0.6) is 0 Å². The first-order valence-corrected chi connectivity index (χ1v) is 9.12. The fourth-order valence-electron chi connectivity index (χ4n) is 2.11. The molecule has 2 aromatic rings. The van der Waals surface area contributed by atoms with E-state index in [1.807, 2.05) is 0 Å². The molecule has 25 heavy (non-hydrogen) atoms. The zero-order chi connectivity index (χ0) is 18.8. The maximum Gasteiger partial charge on any atom is 0.251 e. The quantitative estimate of drug-likeness (QED) is 0.851. The SMILES string of the molecule is Cc1cc(Cl)ccc1NC(=O)Cn1cc(S(=O)(=O)N(C)C)ccc1=O. The van der Waals surface area contributed by atoms with Gasteiger partial charge < -0.3 is 9.88 Å². The third kappa shape index (κ3) is 4.47. The minimum Gasteiger partial charge on any atom is -0.324 e. The molecule has 0 aliphatic rings. The van der Waals surface area contributed by atoms with Crippen molar-refractivity contribution in [3.63, 3.8) is 0 Å². The first-order valence-electron chi connectivity index (χ1n) is 7.30. The van der Waals surface area contributed by atoms with Gasteiger partial charge in [-0.05, 0) is 36.8 Å². The Morgan fingerprint density at radius 1 is 1.24 bits per heavy atom. The van der Waals surface area contributed by atoms with Gasteiger partial charge in [0, 0.05) is 37.1 Å². The largest absolute Gasteiger partial charge is 0.324 e. The van der Waals surface area contributed by atoms with Crippen molar-refractivity contribution < 1.29 is 13.2 Å². The molecule has 1 heterocycles. The van der Waals surface area contributed by atoms with Crippen LogP contribution in [0, 0.1) is 6.92 Å². The minimum atomic E-state index is -3.70. The highest BCUT2D eigenvalue weighted by Gasteiger charge is 2.18. The van der Waals surface area contributed by atoms with Gasteiger partial charge >= 0.3 is 0 Å². The smallest absolute Gasteiger partial charge is 0.251 e. The number of nitrogens with one attached hydrogen (secondary N) is 1. The summed E-state index contributed by atoms with van der Waals surface area (Å²) in [4.78, 5) is 24.1. The summed E-state index contributed by atoms with van der Waals surface area (Å²) < 4.78 is 26.4. The molecule has 0 fully saturated rings. The van der Waals surface area contributed by atoms with Crippen LogP contribution in [0.4, 0.5) is 5.69 Å². The summed E-state index contributed by atoms with van der Waals surface area (Å²) in [5.41, 5.74) is 0.873. The Morgan fingerprint density at radius 2 is 1.92 bits per heavy atom. The lowest BCUT2D eigenvalue weighted by atomic mass is 10.2. The van der Waals surface area contributed by atoms with Crippen molar-refractivity contribution in [3.8, 4) is 0 Å². The maximum atomic E-state index is 12.2. The topological polar surface area (TPSA) is 88.5 Å². The van der Waals surface area contributed by atoms with Gasteiger partial charge in [-0.1, -0.05) is 11.6 Å². The van der Waals surface area contributed by atoms with E-state index in [2.05, 4.69) is 5.32 Å². The van der Waals surface area contributed by atoms with Crippen molar-refractivity contribution in [2.24, 2.45) is 0 Å². The summed E-state index contributed by atoms with van der Waals surface area (Å²) in [5.74, 6) is -0.452. The number of aromatic nitrogens is 1. The van der Waals surface area contributed by atoms with Gasteiger partial charge in [-0.3, -0.25) is 9.59 Å². The zero-order valence-electron chi connectivity index (χ0n) is 14.0. The third-order valence-corrected chi connectivity index (χ3v) is 5.55. The van der Waals surface area contributed by atoms with Gasteiger partial charge in [-0.2, -0.15) is 0 Å². The molecule has 2 rings (SSSR count). The standard InChI is InChI=1S/C16H18ClN3O4S/c1-11-8-12(17)4-6-14(11)18-15(21)10-20-9-13(5-7-16(20)22)25(23,24)19(2)3/h4-9H,10H2,1-3H3,(H,18,21). The van der Waals surface area contributed by atoms with Crippen molar-refractivity contribution in [2.75, 3.05) is 19.4 Å². The van der Waals surface area contributed by atoms with Crippen LogP contribution in [-0.4, -0.2) is 37.3 Å². The number of aryl methyl sites for hydroxylation is 1. The Kier molecular flexibility index (Phi) is 5.66. The second kappa shape index (κ2) is 7.38. The number of carbonyl (C=O) groups is 1. The number of hydrogen-bond acceptors (Lipinski definition) is 4. The minimum absolute atomic E-state index is 0.0624. The van der Waals surface area contributed by atoms with Crippen LogP contribution in [0.2, 0.25) is 5.02 Å². The van der Waals surface area contributed by atoms with Crippen LogP contribution >= 0.6 is 11.6 Å². The van der Waals surface area contributed by atoms with Crippen molar-refractivity contribution in [3.05, 3.63) is 57.5 Å². The van der Waals surface area contributed by atoms with Crippen LogP contribution in [0.25, 0.3) is 0 Å². The molecule has 1 aromatic heterocycles. The highest BCUT2D eigenvalue weighted by atomic mass is 35.5. The lowest BCUT2D eigenvalue weighted by molar-refractivity contribution is -0.116. The number of anilines is 1. The molecule has 0 saturated heterocycles.